The number of pyridine rings is 1. The first kappa shape index (κ1) is 19.0. The number of ether oxygens (including phenoxy) is 2. The highest BCUT2D eigenvalue weighted by Gasteiger charge is 2.28. The highest BCUT2D eigenvalue weighted by Crippen LogP contribution is 2.32. The van der Waals surface area contributed by atoms with Crippen LogP contribution >= 0.6 is 0 Å². The van der Waals surface area contributed by atoms with E-state index in [2.05, 4.69) is 15.6 Å². The van der Waals surface area contributed by atoms with Crippen molar-refractivity contribution < 1.29 is 19.1 Å². The Labute approximate surface area is 169 Å². The van der Waals surface area contributed by atoms with E-state index in [1.54, 1.807) is 17.2 Å². The van der Waals surface area contributed by atoms with Gasteiger partial charge in [-0.05, 0) is 49.1 Å². The average molecular weight is 396 g/mol. The number of piperidine rings is 1. The van der Waals surface area contributed by atoms with E-state index in [0.29, 0.717) is 37.0 Å². The van der Waals surface area contributed by atoms with E-state index in [1.165, 1.54) is 0 Å². The van der Waals surface area contributed by atoms with E-state index in [0.717, 1.165) is 24.0 Å². The molecule has 0 bridgehead atoms. The number of benzene rings is 1. The Morgan fingerprint density at radius 3 is 2.90 bits per heavy atom. The molecular formula is C21H24N4O4. The van der Waals surface area contributed by atoms with Gasteiger partial charge in [0.15, 0.2) is 11.5 Å². The molecule has 1 fully saturated rings. The van der Waals surface area contributed by atoms with Crippen LogP contribution in [0, 0.1) is 12.8 Å². The van der Waals surface area contributed by atoms with Gasteiger partial charge in [-0.15, -0.1) is 0 Å². The van der Waals surface area contributed by atoms with E-state index in [4.69, 9.17) is 9.47 Å². The topological polar surface area (TPSA) is 92.8 Å². The Morgan fingerprint density at radius 2 is 2.07 bits per heavy atom. The lowest BCUT2D eigenvalue weighted by atomic mass is 9.97. The lowest BCUT2D eigenvalue weighted by molar-refractivity contribution is -0.121. The molecule has 1 aromatic heterocycles. The van der Waals surface area contributed by atoms with Crippen LogP contribution in [0.3, 0.4) is 0 Å². The summed E-state index contributed by atoms with van der Waals surface area (Å²) >= 11 is 0. The summed E-state index contributed by atoms with van der Waals surface area (Å²) in [6, 6.07) is 9.11. The third-order valence-electron chi connectivity index (χ3n) is 5.12. The van der Waals surface area contributed by atoms with Gasteiger partial charge in [-0.2, -0.15) is 0 Å². The fraction of sp³-hybridized carbons (Fsp3) is 0.381. The molecule has 152 valence electrons. The third-order valence-corrected chi connectivity index (χ3v) is 5.12. The molecule has 4 rings (SSSR count). The van der Waals surface area contributed by atoms with Crippen LogP contribution in [0.5, 0.6) is 11.5 Å². The Bertz CT molecular complexity index is 900. The van der Waals surface area contributed by atoms with E-state index >= 15 is 0 Å². The second kappa shape index (κ2) is 8.38. The minimum atomic E-state index is -0.247. The highest BCUT2D eigenvalue weighted by molar-refractivity contribution is 5.92. The SMILES string of the molecule is Cc1ccc(NC(=O)[C@@H]2CCCN(C(=O)NCc3ccc4c(c3)OCO4)C2)nc1. The van der Waals surface area contributed by atoms with Crippen molar-refractivity contribution in [2.45, 2.75) is 26.3 Å². The first-order valence-corrected chi connectivity index (χ1v) is 9.73. The zero-order valence-corrected chi connectivity index (χ0v) is 16.3. The van der Waals surface area contributed by atoms with Crippen molar-refractivity contribution in [2.24, 2.45) is 5.92 Å². The van der Waals surface area contributed by atoms with Crippen LogP contribution in [-0.4, -0.2) is 41.7 Å². The summed E-state index contributed by atoms with van der Waals surface area (Å²) < 4.78 is 10.7. The van der Waals surface area contributed by atoms with Gasteiger partial charge in [0.2, 0.25) is 12.7 Å². The first-order valence-electron chi connectivity index (χ1n) is 9.73. The smallest absolute Gasteiger partial charge is 0.317 e. The quantitative estimate of drug-likeness (QED) is 0.829. The maximum absolute atomic E-state index is 12.6. The fourth-order valence-corrected chi connectivity index (χ4v) is 3.49. The minimum Gasteiger partial charge on any atom is -0.454 e. The van der Waals surface area contributed by atoms with E-state index in [1.807, 2.05) is 31.2 Å². The Kier molecular flexibility index (Phi) is 5.50. The van der Waals surface area contributed by atoms with Gasteiger partial charge in [0.1, 0.15) is 5.82 Å². The van der Waals surface area contributed by atoms with Crippen molar-refractivity contribution in [3.8, 4) is 11.5 Å². The number of fused-ring (bicyclic) bond motifs is 1. The lowest BCUT2D eigenvalue weighted by Gasteiger charge is -2.32. The van der Waals surface area contributed by atoms with Gasteiger partial charge in [0.05, 0.1) is 5.92 Å². The highest BCUT2D eigenvalue weighted by atomic mass is 16.7. The van der Waals surface area contributed by atoms with E-state index in [-0.39, 0.29) is 24.6 Å². The van der Waals surface area contributed by atoms with Crippen molar-refractivity contribution in [1.82, 2.24) is 15.2 Å². The molecule has 1 saturated heterocycles. The average Bonchev–Trinajstić information content (AvgIpc) is 3.21. The largest absolute Gasteiger partial charge is 0.454 e. The summed E-state index contributed by atoms with van der Waals surface area (Å²) in [6.45, 7) is 3.58. The van der Waals surface area contributed by atoms with Crippen LogP contribution in [0.2, 0.25) is 0 Å². The second-order valence-electron chi connectivity index (χ2n) is 7.34. The second-order valence-corrected chi connectivity index (χ2v) is 7.34. The molecule has 2 aromatic rings. The monoisotopic (exact) mass is 396 g/mol. The Balaban J connectivity index is 1.29. The molecule has 0 spiro atoms. The minimum absolute atomic E-state index is 0.102. The number of hydrogen-bond acceptors (Lipinski definition) is 5. The third kappa shape index (κ3) is 4.59. The number of rotatable bonds is 4. The number of carbonyl (C=O) groups excluding carboxylic acids is 2. The van der Waals surface area contributed by atoms with Gasteiger partial charge in [0, 0.05) is 25.8 Å². The number of hydrogen-bond donors (Lipinski definition) is 2. The molecular weight excluding hydrogens is 372 g/mol. The van der Waals surface area contributed by atoms with Crippen LogP contribution in [0.15, 0.2) is 36.5 Å². The molecule has 8 heteroatoms. The van der Waals surface area contributed by atoms with Gasteiger partial charge in [-0.25, -0.2) is 9.78 Å². The van der Waals surface area contributed by atoms with Crippen LogP contribution in [0.25, 0.3) is 0 Å². The van der Waals surface area contributed by atoms with Crippen molar-refractivity contribution >= 4 is 17.8 Å². The van der Waals surface area contributed by atoms with Gasteiger partial charge in [-0.3, -0.25) is 4.79 Å². The number of anilines is 1. The molecule has 2 aliphatic heterocycles. The molecule has 2 aliphatic rings. The summed E-state index contributed by atoms with van der Waals surface area (Å²) in [5.41, 5.74) is 1.96. The molecule has 1 aromatic carbocycles. The summed E-state index contributed by atoms with van der Waals surface area (Å²) in [7, 11) is 0. The predicted molar refractivity (Wildman–Crippen MR) is 107 cm³/mol. The predicted octanol–water partition coefficient (Wildman–Crippen LogP) is 2.68. The normalized spacial score (nSPS) is 17.7. The Morgan fingerprint density at radius 1 is 1.21 bits per heavy atom. The molecule has 0 saturated carbocycles. The van der Waals surface area contributed by atoms with Gasteiger partial charge in [-0.1, -0.05) is 12.1 Å². The van der Waals surface area contributed by atoms with Gasteiger partial charge >= 0.3 is 6.03 Å². The molecule has 8 nitrogen and oxygen atoms in total. The number of nitrogens with zero attached hydrogens (tertiary/aromatic N) is 2. The molecule has 0 aliphatic carbocycles. The Hall–Kier alpha value is -3.29. The summed E-state index contributed by atoms with van der Waals surface area (Å²) in [5, 5.41) is 5.77. The van der Waals surface area contributed by atoms with Crippen molar-refractivity contribution in [2.75, 3.05) is 25.2 Å². The van der Waals surface area contributed by atoms with Crippen LogP contribution < -0.4 is 20.1 Å². The molecule has 2 N–H and O–H groups in total. The molecule has 3 amide bonds. The van der Waals surface area contributed by atoms with Crippen molar-refractivity contribution in [1.29, 1.82) is 0 Å². The van der Waals surface area contributed by atoms with Crippen LogP contribution in [0.4, 0.5) is 10.6 Å². The maximum Gasteiger partial charge on any atom is 0.317 e. The van der Waals surface area contributed by atoms with Crippen LogP contribution in [-0.2, 0) is 11.3 Å². The zero-order valence-electron chi connectivity index (χ0n) is 16.3. The summed E-state index contributed by atoms with van der Waals surface area (Å²) in [5.74, 6) is 1.59. The molecule has 3 heterocycles. The number of aromatic nitrogens is 1. The molecule has 0 radical (unpaired) electrons. The number of likely N-dealkylation sites (tertiary alicyclic amines) is 1. The fourth-order valence-electron chi connectivity index (χ4n) is 3.49. The molecule has 29 heavy (non-hydrogen) atoms. The molecule has 1 atom stereocenters. The van der Waals surface area contributed by atoms with Crippen LogP contribution in [0.1, 0.15) is 24.0 Å². The number of urea groups is 1. The van der Waals surface area contributed by atoms with Crippen molar-refractivity contribution in [3.05, 3.63) is 47.7 Å². The zero-order chi connectivity index (χ0) is 20.2. The van der Waals surface area contributed by atoms with E-state index < -0.39 is 0 Å². The summed E-state index contributed by atoms with van der Waals surface area (Å²) in [4.78, 5) is 31.1. The van der Waals surface area contributed by atoms with Gasteiger partial charge in [0.25, 0.3) is 0 Å². The lowest BCUT2D eigenvalue weighted by Crippen LogP contribution is -2.47. The number of nitrogens with one attached hydrogen (secondary N) is 2. The first-order chi connectivity index (χ1) is 14.1. The van der Waals surface area contributed by atoms with E-state index in [9.17, 15) is 9.59 Å². The number of aryl methyl sites for hydroxylation is 1. The molecule has 0 unspecified atom stereocenters. The maximum atomic E-state index is 12.6. The number of amides is 3. The van der Waals surface area contributed by atoms with Crippen molar-refractivity contribution in [3.63, 3.8) is 0 Å². The summed E-state index contributed by atoms with van der Waals surface area (Å²) in [6.07, 6.45) is 3.26. The number of carbonyl (C=O) groups is 2. The standard InChI is InChI=1S/C21H24N4O4/c1-14-4-7-19(22-10-14)24-20(26)16-3-2-8-25(12-16)21(27)23-11-15-5-6-17-18(9-15)29-13-28-17/h4-7,9-10,16H,2-3,8,11-13H2,1H3,(H,23,27)(H,22,24,26)/t16-/m1/s1. The van der Waals surface area contributed by atoms with Gasteiger partial charge < -0.3 is 25.0 Å².